The molecule has 0 aromatic rings. The van der Waals surface area contributed by atoms with E-state index < -0.39 is 5.92 Å². The van der Waals surface area contributed by atoms with Gasteiger partial charge in [-0.1, -0.05) is 41.5 Å². The summed E-state index contributed by atoms with van der Waals surface area (Å²) in [4.78, 5) is 23.5. The van der Waals surface area contributed by atoms with Crippen molar-refractivity contribution in [3.05, 3.63) is 0 Å². The first kappa shape index (κ1) is 14.3. The van der Waals surface area contributed by atoms with Crippen LogP contribution in [0.15, 0.2) is 0 Å². The monoisotopic (exact) mass is 212 g/mol. The summed E-state index contributed by atoms with van der Waals surface area (Å²) in [6.07, 6.45) is 0.467. The maximum Gasteiger partial charge on any atom is 0.144 e. The largest absolute Gasteiger partial charge is 0.299 e. The third-order valence-corrected chi connectivity index (χ3v) is 2.30. The lowest BCUT2D eigenvalue weighted by Crippen LogP contribution is -2.36. The molecule has 0 saturated carbocycles. The van der Waals surface area contributed by atoms with Crippen LogP contribution in [0.1, 0.15) is 54.9 Å². The van der Waals surface area contributed by atoms with E-state index in [1.54, 1.807) is 0 Å². The second kappa shape index (κ2) is 4.46. The highest BCUT2D eigenvalue weighted by Gasteiger charge is 2.36. The Labute approximate surface area is 93.4 Å². The predicted molar refractivity (Wildman–Crippen MR) is 62.7 cm³/mol. The van der Waals surface area contributed by atoms with Crippen LogP contribution in [-0.2, 0) is 9.59 Å². The van der Waals surface area contributed by atoms with Gasteiger partial charge in [0.15, 0.2) is 0 Å². The summed E-state index contributed by atoms with van der Waals surface area (Å²) in [6.45, 7) is 13.4. The Hall–Kier alpha value is -0.660. The van der Waals surface area contributed by atoms with E-state index in [1.807, 2.05) is 41.5 Å². The van der Waals surface area contributed by atoms with E-state index in [1.165, 1.54) is 6.92 Å². The van der Waals surface area contributed by atoms with Crippen LogP contribution in [0.5, 0.6) is 0 Å². The molecule has 0 saturated heterocycles. The molecule has 0 spiro atoms. The normalized spacial score (nSPS) is 14.9. The lowest BCUT2D eigenvalue weighted by molar-refractivity contribution is -0.136. The Morgan fingerprint density at radius 1 is 1.00 bits per heavy atom. The van der Waals surface area contributed by atoms with E-state index in [-0.39, 0.29) is 22.4 Å². The van der Waals surface area contributed by atoms with E-state index in [9.17, 15) is 9.59 Å². The SMILES string of the molecule is CC(=O)C(C(=O)CC(C)(C)C)C(C)(C)C. The molecular weight excluding hydrogens is 188 g/mol. The van der Waals surface area contributed by atoms with Crippen molar-refractivity contribution in [2.75, 3.05) is 0 Å². The Balaban J connectivity index is 4.82. The lowest BCUT2D eigenvalue weighted by Gasteiger charge is -2.29. The first-order valence-electron chi connectivity index (χ1n) is 5.48. The van der Waals surface area contributed by atoms with Crippen molar-refractivity contribution in [3.8, 4) is 0 Å². The fourth-order valence-electron chi connectivity index (χ4n) is 1.94. The molecule has 0 fully saturated rings. The first-order chi connectivity index (χ1) is 6.45. The number of hydrogen-bond acceptors (Lipinski definition) is 2. The second-order valence-electron chi connectivity index (χ2n) is 6.61. The van der Waals surface area contributed by atoms with Crippen LogP contribution in [0.4, 0.5) is 0 Å². The summed E-state index contributed by atoms with van der Waals surface area (Å²) in [5.41, 5.74) is -0.315. The van der Waals surface area contributed by atoms with Crippen molar-refractivity contribution in [3.63, 3.8) is 0 Å². The molecular formula is C13H24O2. The minimum Gasteiger partial charge on any atom is -0.299 e. The molecule has 0 aliphatic rings. The van der Waals surface area contributed by atoms with Crippen LogP contribution in [-0.4, -0.2) is 11.6 Å². The van der Waals surface area contributed by atoms with Crippen molar-refractivity contribution in [2.24, 2.45) is 16.7 Å². The van der Waals surface area contributed by atoms with Crippen molar-refractivity contribution in [1.29, 1.82) is 0 Å². The van der Waals surface area contributed by atoms with Gasteiger partial charge in [0.1, 0.15) is 11.6 Å². The average molecular weight is 212 g/mol. The topological polar surface area (TPSA) is 34.1 Å². The van der Waals surface area contributed by atoms with Gasteiger partial charge in [-0.25, -0.2) is 0 Å². The zero-order valence-corrected chi connectivity index (χ0v) is 11.1. The van der Waals surface area contributed by atoms with Crippen molar-refractivity contribution >= 4 is 11.6 Å². The molecule has 0 aromatic carbocycles. The minimum atomic E-state index is -0.461. The van der Waals surface area contributed by atoms with Gasteiger partial charge in [-0.15, -0.1) is 0 Å². The molecule has 0 rings (SSSR count). The van der Waals surface area contributed by atoms with Gasteiger partial charge in [0.05, 0.1) is 5.92 Å². The second-order valence-corrected chi connectivity index (χ2v) is 6.61. The zero-order chi connectivity index (χ0) is 12.4. The van der Waals surface area contributed by atoms with Crippen LogP contribution in [0.3, 0.4) is 0 Å². The Bertz CT molecular complexity index is 251. The molecule has 0 radical (unpaired) electrons. The summed E-state index contributed by atoms with van der Waals surface area (Å²) in [7, 11) is 0. The molecule has 2 heteroatoms. The standard InChI is InChI=1S/C13H24O2/c1-9(14)11(13(5,6)7)10(15)8-12(2,3)4/h11H,8H2,1-7H3. The van der Waals surface area contributed by atoms with E-state index in [0.717, 1.165) is 0 Å². The highest BCUT2D eigenvalue weighted by Crippen LogP contribution is 2.31. The van der Waals surface area contributed by atoms with Crippen LogP contribution in [0.25, 0.3) is 0 Å². The highest BCUT2D eigenvalue weighted by atomic mass is 16.1. The molecule has 0 N–H and O–H groups in total. The number of hydrogen-bond donors (Lipinski definition) is 0. The van der Waals surface area contributed by atoms with Gasteiger partial charge in [-0.2, -0.15) is 0 Å². The molecule has 15 heavy (non-hydrogen) atoms. The number of Topliss-reactive ketones (excluding diaryl/α,β-unsaturated/α-hetero) is 2. The lowest BCUT2D eigenvalue weighted by atomic mass is 9.72. The van der Waals surface area contributed by atoms with E-state index in [0.29, 0.717) is 6.42 Å². The van der Waals surface area contributed by atoms with Crippen molar-refractivity contribution in [1.82, 2.24) is 0 Å². The molecule has 1 atom stereocenters. The maximum atomic E-state index is 12.0. The fraction of sp³-hybridized carbons (Fsp3) is 0.846. The van der Waals surface area contributed by atoms with E-state index >= 15 is 0 Å². The van der Waals surface area contributed by atoms with Crippen LogP contribution < -0.4 is 0 Å². The van der Waals surface area contributed by atoms with Gasteiger partial charge in [0.2, 0.25) is 0 Å². The third kappa shape index (κ3) is 5.10. The predicted octanol–water partition coefficient (Wildman–Crippen LogP) is 3.24. The van der Waals surface area contributed by atoms with E-state index in [4.69, 9.17) is 0 Å². The van der Waals surface area contributed by atoms with Crippen LogP contribution in [0, 0.1) is 16.7 Å². The van der Waals surface area contributed by atoms with Crippen molar-refractivity contribution in [2.45, 2.75) is 54.9 Å². The Morgan fingerprint density at radius 2 is 1.40 bits per heavy atom. The number of ketones is 2. The van der Waals surface area contributed by atoms with Gasteiger partial charge >= 0.3 is 0 Å². The third-order valence-electron chi connectivity index (χ3n) is 2.30. The van der Waals surface area contributed by atoms with Gasteiger partial charge in [-0.3, -0.25) is 9.59 Å². The van der Waals surface area contributed by atoms with Gasteiger partial charge in [-0.05, 0) is 17.8 Å². The quantitative estimate of drug-likeness (QED) is 0.673. The molecule has 0 heterocycles. The molecule has 0 aromatic heterocycles. The van der Waals surface area contributed by atoms with Crippen molar-refractivity contribution < 1.29 is 9.59 Å². The fourth-order valence-corrected chi connectivity index (χ4v) is 1.94. The molecule has 0 amide bonds. The molecule has 0 aliphatic heterocycles. The number of rotatable bonds is 3. The number of carbonyl (C=O) groups is 2. The molecule has 0 aliphatic carbocycles. The van der Waals surface area contributed by atoms with E-state index in [2.05, 4.69) is 0 Å². The summed E-state index contributed by atoms with van der Waals surface area (Å²) < 4.78 is 0. The first-order valence-corrected chi connectivity index (χ1v) is 5.48. The van der Waals surface area contributed by atoms with Gasteiger partial charge in [0.25, 0.3) is 0 Å². The van der Waals surface area contributed by atoms with Gasteiger partial charge in [0, 0.05) is 6.42 Å². The molecule has 88 valence electrons. The number of carbonyl (C=O) groups excluding carboxylic acids is 2. The van der Waals surface area contributed by atoms with Crippen LogP contribution in [0.2, 0.25) is 0 Å². The Kier molecular flexibility index (Phi) is 4.26. The summed E-state index contributed by atoms with van der Waals surface area (Å²) in [5, 5.41) is 0. The molecule has 0 bridgehead atoms. The minimum absolute atomic E-state index is 0.0169. The zero-order valence-electron chi connectivity index (χ0n) is 11.1. The smallest absolute Gasteiger partial charge is 0.144 e. The summed E-state index contributed by atoms with van der Waals surface area (Å²) in [6, 6.07) is 0. The molecule has 1 unspecified atom stereocenters. The van der Waals surface area contributed by atoms with Gasteiger partial charge < -0.3 is 0 Å². The maximum absolute atomic E-state index is 12.0. The molecule has 2 nitrogen and oxygen atoms in total. The highest BCUT2D eigenvalue weighted by molar-refractivity contribution is 6.02. The average Bonchev–Trinajstić information content (AvgIpc) is 1.74. The summed E-state index contributed by atoms with van der Waals surface area (Å²) >= 11 is 0. The Morgan fingerprint density at radius 3 is 1.60 bits per heavy atom. The summed E-state index contributed by atoms with van der Waals surface area (Å²) in [5.74, 6) is -0.407. The van der Waals surface area contributed by atoms with Crippen LogP contribution >= 0.6 is 0 Å².